The molecular weight excluding hydrogens is 278 g/mol. The average molecular weight is 294 g/mol. The molecule has 0 saturated carbocycles. The second kappa shape index (κ2) is 5.95. The molecule has 0 amide bonds. The van der Waals surface area contributed by atoms with Crippen LogP contribution in [-0.4, -0.2) is 10.5 Å². The zero-order chi connectivity index (χ0) is 15.6. The number of nitrogens with zero attached hydrogens (tertiary/aromatic N) is 1. The van der Waals surface area contributed by atoms with E-state index < -0.39 is 17.6 Å². The van der Waals surface area contributed by atoms with Crippen LogP contribution in [0.2, 0.25) is 0 Å². The largest absolute Gasteiger partial charge is 0.456 e. The third-order valence-electron chi connectivity index (χ3n) is 3.03. The second-order valence-electron chi connectivity index (χ2n) is 4.95. The van der Waals surface area contributed by atoms with E-state index in [1.807, 2.05) is 13.8 Å². The molecule has 0 fully saturated rings. The normalized spacial score (nSPS) is 10.9. The van der Waals surface area contributed by atoms with Crippen LogP contribution in [-0.2, 0) is 11.3 Å². The van der Waals surface area contributed by atoms with Gasteiger partial charge >= 0.3 is 5.97 Å². The first-order chi connectivity index (χ1) is 9.90. The zero-order valence-electron chi connectivity index (χ0n) is 11.8. The Morgan fingerprint density at radius 3 is 2.76 bits per heavy atom. The highest BCUT2D eigenvalue weighted by Gasteiger charge is 2.17. The fourth-order valence-electron chi connectivity index (χ4n) is 1.97. The smallest absolute Gasteiger partial charge is 0.355 e. The fraction of sp³-hybridized carbons (Fsp3) is 0.267. The van der Waals surface area contributed by atoms with Crippen molar-refractivity contribution in [1.82, 2.24) is 4.57 Å². The molecule has 0 aliphatic carbocycles. The molecule has 0 saturated heterocycles. The Labute approximate surface area is 121 Å². The summed E-state index contributed by atoms with van der Waals surface area (Å²) in [5.41, 5.74) is 6.37. The van der Waals surface area contributed by atoms with Crippen LogP contribution in [0.5, 0.6) is 0 Å². The van der Waals surface area contributed by atoms with E-state index in [2.05, 4.69) is 0 Å². The van der Waals surface area contributed by atoms with Crippen LogP contribution in [0.3, 0.4) is 0 Å². The molecule has 6 heteroatoms. The molecule has 0 spiro atoms. The lowest BCUT2D eigenvalue weighted by Crippen LogP contribution is -2.13. The van der Waals surface area contributed by atoms with Crippen molar-refractivity contribution < 1.29 is 18.3 Å². The summed E-state index contributed by atoms with van der Waals surface area (Å²) in [7, 11) is 0. The molecule has 4 nitrogen and oxygen atoms in total. The topological polar surface area (TPSA) is 57.2 Å². The first-order valence-corrected chi connectivity index (χ1v) is 6.47. The van der Waals surface area contributed by atoms with Gasteiger partial charge in [0.15, 0.2) is 11.6 Å². The molecule has 112 valence electrons. The Balaban J connectivity index is 2.14. The quantitative estimate of drug-likeness (QED) is 0.880. The lowest BCUT2D eigenvalue weighted by Gasteiger charge is -2.12. The number of aromatic nitrogens is 1. The predicted molar refractivity (Wildman–Crippen MR) is 74.7 cm³/mol. The number of benzene rings is 1. The number of hydrogen-bond donors (Lipinski definition) is 1. The first kappa shape index (κ1) is 15.0. The van der Waals surface area contributed by atoms with Crippen LogP contribution >= 0.6 is 0 Å². The minimum atomic E-state index is -1.01. The highest BCUT2D eigenvalue weighted by Crippen LogP contribution is 2.19. The molecule has 0 unspecified atom stereocenters. The van der Waals surface area contributed by atoms with Gasteiger partial charge in [0, 0.05) is 17.8 Å². The summed E-state index contributed by atoms with van der Waals surface area (Å²) in [5, 5.41) is 0. The van der Waals surface area contributed by atoms with Gasteiger partial charge in [-0.1, -0.05) is 12.1 Å². The van der Waals surface area contributed by atoms with Crippen molar-refractivity contribution in [3.8, 4) is 0 Å². The van der Waals surface area contributed by atoms with Crippen molar-refractivity contribution in [2.24, 2.45) is 0 Å². The van der Waals surface area contributed by atoms with E-state index in [9.17, 15) is 13.6 Å². The molecule has 21 heavy (non-hydrogen) atoms. The molecule has 1 aromatic carbocycles. The van der Waals surface area contributed by atoms with Gasteiger partial charge in [0.2, 0.25) is 0 Å². The van der Waals surface area contributed by atoms with Gasteiger partial charge in [0.1, 0.15) is 12.3 Å². The monoisotopic (exact) mass is 294 g/mol. The van der Waals surface area contributed by atoms with Crippen LogP contribution in [0.1, 0.15) is 35.9 Å². The fourth-order valence-corrected chi connectivity index (χ4v) is 1.97. The van der Waals surface area contributed by atoms with E-state index >= 15 is 0 Å². The van der Waals surface area contributed by atoms with E-state index in [0.29, 0.717) is 5.69 Å². The summed E-state index contributed by atoms with van der Waals surface area (Å²) in [4.78, 5) is 12.0. The Hall–Kier alpha value is -2.37. The van der Waals surface area contributed by atoms with Gasteiger partial charge in [-0.05, 0) is 26.0 Å². The van der Waals surface area contributed by atoms with Gasteiger partial charge in [-0.2, -0.15) is 0 Å². The number of halogens is 2. The van der Waals surface area contributed by atoms with Crippen LogP contribution < -0.4 is 5.73 Å². The number of esters is 1. The summed E-state index contributed by atoms with van der Waals surface area (Å²) in [5.74, 6) is -2.62. The Morgan fingerprint density at radius 2 is 2.10 bits per heavy atom. The highest BCUT2D eigenvalue weighted by atomic mass is 19.2. The maximum absolute atomic E-state index is 13.5. The summed E-state index contributed by atoms with van der Waals surface area (Å²) in [6.45, 7) is 3.44. The summed E-state index contributed by atoms with van der Waals surface area (Å²) in [6.07, 6.45) is 1.63. The van der Waals surface area contributed by atoms with Crippen molar-refractivity contribution in [3.05, 3.63) is 53.4 Å². The number of nitrogens with two attached hydrogens (primary N) is 1. The van der Waals surface area contributed by atoms with Crippen LogP contribution in [0.15, 0.2) is 30.5 Å². The Bertz CT molecular complexity index is 666. The lowest BCUT2D eigenvalue weighted by atomic mass is 10.2. The third kappa shape index (κ3) is 3.21. The van der Waals surface area contributed by atoms with Crippen molar-refractivity contribution in [1.29, 1.82) is 0 Å². The van der Waals surface area contributed by atoms with Crippen molar-refractivity contribution >= 4 is 11.7 Å². The second-order valence-corrected chi connectivity index (χ2v) is 4.95. The van der Waals surface area contributed by atoms with Gasteiger partial charge in [0.05, 0.1) is 5.69 Å². The number of carbonyl (C=O) groups excluding carboxylic acids is 1. The van der Waals surface area contributed by atoms with E-state index in [4.69, 9.17) is 10.5 Å². The summed E-state index contributed by atoms with van der Waals surface area (Å²) >= 11 is 0. The molecule has 0 aliphatic heterocycles. The Morgan fingerprint density at radius 1 is 1.38 bits per heavy atom. The number of ether oxygens (including phenoxy) is 1. The standard InChI is InChI=1S/C15H16F2N2O2/c1-9(2)19-7-11(18)6-13(19)15(20)21-8-10-4-3-5-12(16)14(10)17/h3-7,9H,8,18H2,1-2H3. The number of carbonyl (C=O) groups is 1. The van der Waals surface area contributed by atoms with Crippen molar-refractivity contribution in [2.75, 3.05) is 5.73 Å². The molecule has 2 aromatic rings. The van der Waals surface area contributed by atoms with Crippen LogP contribution in [0.25, 0.3) is 0 Å². The zero-order valence-corrected chi connectivity index (χ0v) is 11.8. The molecule has 2 N–H and O–H groups in total. The van der Waals surface area contributed by atoms with Gasteiger partial charge < -0.3 is 15.0 Å². The van der Waals surface area contributed by atoms with E-state index in [0.717, 1.165) is 6.07 Å². The van der Waals surface area contributed by atoms with Gasteiger partial charge in [-0.15, -0.1) is 0 Å². The van der Waals surface area contributed by atoms with E-state index in [-0.39, 0.29) is 23.9 Å². The van der Waals surface area contributed by atoms with Gasteiger partial charge in [-0.25, -0.2) is 13.6 Å². The minimum Gasteiger partial charge on any atom is -0.456 e. The predicted octanol–water partition coefficient (Wildman–Crippen LogP) is 3.29. The van der Waals surface area contributed by atoms with E-state index in [1.54, 1.807) is 10.8 Å². The van der Waals surface area contributed by atoms with Gasteiger partial charge in [0.25, 0.3) is 0 Å². The number of anilines is 1. The molecule has 0 bridgehead atoms. The Kier molecular flexibility index (Phi) is 4.26. The SMILES string of the molecule is CC(C)n1cc(N)cc1C(=O)OCc1cccc(F)c1F. The number of nitrogen functional groups attached to an aromatic ring is 1. The molecule has 0 radical (unpaired) electrons. The van der Waals surface area contributed by atoms with Crippen LogP contribution in [0, 0.1) is 11.6 Å². The average Bonchev–Trinajstić information content (AvgIpc) is 2.82. The van der Waals surface area contributed by atoms with Crippen molar-refractivity contribution in [2.45, 2.75) is 26.5 Å². The molecule has 2 rings (SSSR count). The van der Waals surface area contributed by atoms with Crippen molar-refractivity contribution in [3.63, 3.8) is 0 Å². The maximum Gasteiger partial charge on any atom is 0.355 e. The summed E-state index contributed by atoms with van der Waals surface area (Å²) < 4.78 is 33.2. The van der Waals surface area contributed by atoms with E-state index in [1.165, 1.54) is 18.2 Å². The van der Waals surface area contributed by atoms with Crippen LogP contribution in [0.4, 0.5) is 14.5 Å². The molecular formula is C15H16F2N2O2. The lowest BCUT2D eigenvalue weighted by molar-refractivity contribution is 0.0453. The first-order valence-electron chi connectivity index (χ1n) is 6.47. The minimum absolute atomic E-state index is 0.0148. The number of hydrogen-bond acceptors (Lipinski definition) is 3. The maximum atomic E-state index is 13.5. The summed E-state index contributed by atoms with van der Waals surface area (Å²) in [6, 6.07) is 5.24. The third-order valence-corrected chi connectivity index (χ3v) is 3.03. The molecule has 0 atom stereocenters. The molecule has 1 heterocycles. The van der Waals surface area contributed by atoms with Gasteiger partial charge in [-0.3, -0.25) is 0 Å². The molecule has 1 aromatic heterocycles. The number of rotatable bonds is 4. The highest BCUT2D eigenvalue weighted by molar-refractivity contribution is 5.89. The molecule has 0 aliphatic rings.